The average molecular weight is 346 g/mol. The number of carbonyl (C=O) groups is 3. The molecule has 0 radical (unpaired) electrons. The number of aliphatic hydroxyl groups is 1. The van der Waals surface area contributed by atoms with Gasteiger partial charge >= 0.3 is 11.9 Å². The molecule has 0 aromatic heterocycles. The van der Waals surface area contributed by atoms with Crippen LogP contribution >= 0.6 is 0 Å². The number of hydrogen-bond donors (Lipinski definition) is 3. The van der Waals surface area contributed by atoms with Gasteiger partial charge < -0.3 is 25.0 Å². The van der Waals surface area contributed by atoms with Crippen molar-refractivity contribution >= 4 is 18.4 Å². The summed E-state index contributed by atoms with van der Waals surface area (Å²) in [4.78, 5) is 33.7. The Hall–Kier alpha value is -1.71. The van der Waals surface area contributed by atoms with Gasteiger partial charge in [0.2, 0.25) is 0 Å². The molecule has 9 nitrogen and oxygen atoms in total. The molecular formula is C15H26N2O7. The van der Waals surface area contributed by atoms with E-state index in [1.807, 2.05) is 11.9 Å². The molecule has 0 amide bonds. The molecule has 9 heteroatoms. The van der Waals surface area contributed by atoms with Gasteiger partial charge in [-0.1, -0.05) is 0 Å². The van der Waals surface area contributed by atoms with E-state index in [0.717, 1.165) is 13.0 Å². The first-order valence-corrected chi connectivity index (χ1v) is 7.90. The van der Waals surface area contributed by atoms with E-state index in [9.17, 15) is 14.4 Å². The monoisotopic (exact) mass is 346 g/mol. The molecule has 0 saturated carbocycles. The lowest BCUT2D eigenvalue weighted by molar-refractivity contribution is -0.152. The third-order valence-corrected chi connectivity index (χ3v) is 4.22. The molecule has 2 fully saturated rings. The topological polar surface area (TPSA) is 125 Å². The highest BCUT2D eigenvalue weighted by Gasteiger charge is 2.32. The molecular weight excluding hydrogens is 320 g/mol. The number of ether oxygens (including phenoxy) is 2. The van der Waals surface area contributed by atoms with Crippen LogP contribution in [0, 0.1) is 0 Å². The predicted octanol–water partition coefficient (Wildman–Crippen LogP) is -1.02. The van der Waals surface area contributed by atoms with Crippen LogP contribution in [0.5, 0.6) is 0 Å². The molecule has 2 aliphatic rings. The van der Waals surface area contributed by atoms with Crippen LogP contribution in [-0.4, -0.2) is 85.1 Å². The fraction of sp³-hybridized carbons (Fsp3) is 0.800. The summed E-state index contributed by atoms with van der Waals surface area (Å²) >= 11 is 0. The van der Waals surface area contributed by atoms with Gasteiger partial charge in [0.25, 0.3) is 6.47 Å². The van der Waals surface area contributed by atoms with Gasteiger partial charge in [-0.3, -0.25) is 19.3 Å². The Bertz CT molecular complexity index is 432. The van der Waals surface area contributed by atoms with Crippen molar-refractivity contribution in [1.29, 1.82) is 0 Å². The Morgan fingerprint density at radius 2 is 2.00 bits per heavy atom. The van der Waals surface area contributed by atoms with Gasteiger partial charge in [0, 0.05) is 13.0 Å². The summed E-state index contributed by atoms with van der Waals surface area (Å²) in [6.07, 6.45) is 1.67. The largest absolute Gasteiger partial charge is 0.480 e. The highest BCUT2D eigenvalue weighted by molar-refractivity contribution is 5.75. The molecule has 0 aromatic rings. The minimum Gasteiger partial charge on any atom is -0.480 e. The zero-order chi connectivity index (χ0) is 18.1. The smallest absolute Gasteiger partial charge is 0.323 e. The molecule has 0 aliphatic carbocycles. The van der Waals surface area contributed by atoms with Crippen LogP contribution < -0.4 is 5.32 Å². The van der Waals surface area contributed by atoms with Crippen molar-refractivity contribution in [3.05, 3.63) is 0 Å². The number of nitrogens with zero attached hydrogens (tertiary/aromatic N) is 1. The van der Waals surface area contributed by atoms with E-state index in [1.54, 1.807) is 0 Å². The maximum Gasteiger partial charge on any atom is 0.323 e. The Morgan fingerprint density at radius 3 is 2.50 bits per heavy atom. The summed E-state index contributed by atoms with van der Waals surface area (Å²) < 4.78 is 9.50. The lowest BCUT2D eigenvalue weighted by atomic mass is 10.0. The van der Waals surface area contributed by atoms with E-state index in [0.29, 0.717) is 32.3 Å². The molecule has 0 aromatic carbocycles. The lowest BCUT2D eigenvalue weighted by Crippen LogP contribution is -2.47. The fourth-order valence-electron chi connectivity index (χ4n) is 2.75. The minimum atomic E-state index is -0.876. The van der Waals surface area contributed by atoms with E-state index in [2.05, 4.69) is 10.1 Å². The number of aliphatic carboxylic acids is 1. The summed E-state index contributed by atoms with van der Waals surface area (Å²) in [7, 11) is 3.22. The van der Waals surface area contributed by atoms with Gasteiger partial charge in [0.15, 0.2) is 0 Å². The van der Waals surface area contributed by atoms with Crippen molar-refractivity contribution < 1.29 is 34.1 Å². The summed E-state index contributed by atoms with van der Waals surface area (Å²) in [6.45, 7) is 1.76. The standard InChI is InChI=1S/C9H15NO4.C6H11NO3/c1-10-4-3-7(14-6-11)5-8(10)9(12)13-2;8-4-1-2-7-5(3-4)6(9)10/h6-8H,3-5H2,1-2H3;4-5,7-8H,1-3H2,(H,9,10)/t7?,8-;4-,5-/m00/s1. The maximum absolute atomic E-state index is 11.3. The van der Waals surface area contributed by atoms with Gasteiger partial charge in [0.05, 0.1) is 13.2 Å². The summed E-state index contributed by atoms with van der Waals surface area (Å²) in [5, 5.41) is 20.3. The molecule has 2 saturated heterocycles. The van der Waals surface area contributed by atoms with Crippen LogP contribution in [0.15, 0.2) is 0 Å². The van der Waals surface area contributed by atoms with E-state index >= 15 is 0 Å². The van der Waals surface area contributed by atoms with Crippen molar-refractivity contribution in [1.82, 2.24) is 10.2 Å². The van der Waals surface area contributed by atoms with Crippen LogP contribution in [0.3, 0.4) is 0 Å². The quantitative estimate of drug-likeness (QED) is 0.433. The van der Waals surface area contributed by atoms with Crippen molar-refractivity contribution in [2.24, 2.45) is 0 Å². The summed E-state index contributed by atoms with van der Waals surface area (Å²) in [5.41, 5.74) is 0. The van der Waals surface area contributed by atoms with Gasteiger partial charge in [-0.2, -0.15) is 0 Å². The number of rotatable bonds is 4. The normalized spacial score (nSPS) is 30.5. The number of hydrogen-bond acceptors (Lipinski definition) is 8. The zero-order valence-electron chi connectivity index (χ0n) is 14.0. The molecule has 0 spiro atoms. The Morgan fingerprint density at radius 1 is 1.29 bits per heavy atom. The summed E-state index contributed by atoms with van der Waals surface area (Å²) in [6, 6.07) is -0.845. The molecule has 3 N–H and O–H groups in total. The number of piperidine rings is 2. The van der Waals surface area contributed by atoms with Gasteiger partial charge in [-0.05, 0) is 32.9 Å². The number of esters is 1. The van der Waals surface area contributed by atoms with E-state index < -0.39 is 18.1 Å². The first kappa shape index (κ1) is 20.3. The van der Waals surface area contributed by atoms with E-state index in [-0.39, 0.29) is 18.1 Å². The van der Waals surface area contributed by atoms with Crippen LogP contribution in [0.2, 0.25) is 0 Å². The Kier molecular flexibility index (Phi) is 8.66. The molecule has 2 heterocycles. The van der Waals surface area contributed by atoms with Crippen LogP contribution in [0.4, 0.5) is 0 Å². The third-order valence-electron chi connectivity index (χ3n) is 4.22. The molecule has 2 rings (SSSR count). The van der Waals surface area contributed by atoms with Crippen LogP contribution in [0.25, 0.3) is 0 Å². The molecule has 0 bridgehead atoms. The number of nitrogens with one attached hydrogen (secondary N) is 1. The zero-order valence-corrected chi connectivity index (χ0v) is 14.0. The molecule has 2 aliphatic heterocycles. The molecule has 4 atom stereocenters. The molecule has 1 unspecified atom stereocenters. The van der Waals surface area contributed by atoms with E-state index in [4.69, 9.17) is 14.9 Å². The number of carboxylic acids is 1. The fourth-order valence-corrected chi connectivity index (χ4v) is 2.75. The van der Waals surface area contributed by atoms with Gasteiger partial charge in [0.1, 0.15) is 18.2 Å². The molecule has 24 heavy (non-hydrogen) atoms. The highest BCUT2D eigenvalue weighted by atomic mass is 16.5. The maximum atomic E-state index is 11.3. The van der Waals surface area contributed by atoms with Crippen LogP contribution in [0.1, 0.15) is 25.7 Å². The van der Waals surface area contributed by atoms with Gasteiger partial charge in [-0.15, -0.1) is 0 Å². The van der Waals surface area contributed by atoms with Crippen molar-refractivity contribution in [2.45, 2.75) is 50.0 Å². The SMILES string of the molecule is COC(=O)[C@@H]1CC(OC=O)CCN1C.O=C(O)[C@@H]1C[C@@H](O)CCN1. The third kappa shape index (κ3) is 6.42. The van der Waals surface area contributed by atoms with Gasteiger partial charge in [-0.25, -0.2) is 0 Å². The second-order valence-corrected chi connectivity index (χ2v) is 5.92. The second-order valence-electron chi connectivity index (χ2n) is 5.92. The first-order valence-electron chi connectivity index (χ1n) is 7.90. The van der Waals surface area contributed by atoms with Crippen molar-refractivity contribution in [3.8, 4) is 0 Å². The number of methoxy groups -OCH3 is 1. The van der Waals surface area contributed by atoms with Crippen molar-refractivity contribution in [3.63, 3.8) is 0 Å². The Balaban J connectivity index is 0.000000254. The van der Waals surface area contributed by atoms with Crippen molar-refractivity contribution in [2.75, 3.05) is 27.2 Å². The number of likely N-dealkylation sites (N-methyl/N-ethyl adjacent to an activating group) is 1. The number of carboxylic acid groups (broad SMARTS) is 1. The van der Waals surface area contributed by atoms with Crippen LogP contribution in [-0.2, 0) is 23.9 Å². The Labute approximate surface area is 140 Å². The van der Waals surface area contributed by atoms with E-state index in [1.165, 1.54) is 7.11 Å². The molecule has 138 valence electrons. The average Bonchev–Trinajstić information content (AvgIpc) is 2.56. The second kappa shape index (κ2) is 10.2. The number of aliphatic hydroxyl groups excluding tert-OH is 1. The predicted molar refractivity (Wildman–Crippen MR) is 83.3 cm³/mol. The number of carbonyl (C=O) groups excluding carboxylic acids is 2. The lowest BCUT2D eigenvalue weighted by Gasteiger charge is -2.34. The summed E-state index contributed by atoms with van der Waals surface area (Å²) in [5.74, 6) is -1.15. The minimum absolute atomic E-state index is 0.159. The number of likely N-dealkylation sites (tertiary alicyclic amines) is 1. The first-order chi connectivity index (χ1) is 11.4. The highest BCUT2D eigenvalue weighted by Crippen LogP contribution is 2.18.